The number of carbonyl (C=O) groups excluding carboxylic acids is 1. The lowest BCUT2D eigenvalue weighted by atomic mass is 9.93. The van der Waals surface area contributed by atoms with Crippen LogP contribution in [0.25, 0.3) is 0 Å². The first-order chi connectivity index (χ1) is 9.73. The summed E-state index contributed by atoms with van der Waals surface area (Å²) in [5.41, 5.74) is -1.23. The zero-order valence-electron chi connectivity index (χ0n) is 11.7. The predicted octanol–water partition coefficient (Wildman–Crippen LogP) is 1.60. The number of nitrogens with zero attached hydrogens (tertiary/aromatic N) is 1. The van der Waals surface area contributed by atoms with E-state index in [0.29, 0.717) is 19.4 Å². The molecule has 0 saturated carbocycles. The topological polar surface area (TPSA) is 78.9 Å². The molecule has 1 atom stereocenters. The number of hydrogen-bond donors (Lipinski definition) is 2. The van der Waals surface area contributed by atoms with Crippen molar-refractivity contribution in [3.05, 3.63) is 0 Å². The van der Waals surface area contributed by atoms with Crippen molar-refractivity contribution in [1.82, 2.24) is 10.2 Å². The van der Waals surface area contributed by atoms with Gasteiger partial charge in [0.05, 0.1) is 6.61 Å². The van der Waals surface area contributed by atoms with Gasteiger partial charge in [0.15, 0.2) is 0 Å². The van der Waals surface area contributed by atoms with Gasteiger partial charge in [-0.1, -0.05) is 6.92 Å². The summed E-state index contributed by atoms with van der Waals surface area (Å²) < 4.78 is 39.9. The van der Waals surface area contributed by atoms with E-state index < -0.39 is 30.3 Å². The molecule has 0 aliphatic carbocycles. The van der Waals surface area contributed by atoms with Gasteiger partial charge in [0.2, 0.25) is 0 Å². The Bertz CT molecular complexity index is 389. The fraction of sp³-hybridized carbons (Fsp3) is 0.833. The maximum Gasteiger partial charge on any atom is 0.411 e. The van der Waals surface area contributed by atoms with E-state index in [1.807, 2.05) is 0 Å². The Morgan fingerprint density at radius 2 is 2.10 bits per heavy atom. The van der Waals surface area contributed by atoms with Crippen LogP contribution in [-0.2, 0) is 9.53 Å². The van der Waals surface area contributed by atoms with Gasteiger partial charge in [-0.3, -0.25) is 0 Å². The number of carboxylic acids is 1. The van der Waals surface area contributed by atoms with Gasteiger partial charge in [-0.05, 0) is 19.3 Å². The summed E-state index contributed by atoms with van der Waals surface area (Å²) in [5, 5.41) is 11.7. The van der Waals surface area contributed by atoms with Gasteiger partial charge in [0.25, 0.3) is 0 Å². The molecule has 1 aliphatic heterocycles. The van der Waals surface area contributed by atoms with Crippen LogP contribution in [0, 0.1) is 0 Å². The number of urea groups is 1. The average molecular weight is 312 g/mol. The van der Waals surface area contributed by atoms with Crippen molar-refractivity contribution in [2.45, 2.75) is 37.9 Å². The maximum atomic E-state index is 12.0. The smallest absolute Gasteiger partial charge is 0.411 e. The van der Waals surface area contributed by atoms with Gasteiger partial charge in [-0.15, -0.1) is 0 Å². The van der Waals surface area contributed by atoms with Gasteiger partial charge in [0, 0.05) is 13.1 Å². The van der Waals surface area contributed by atoms with E-state index in [1.54, 1.807) is 6.92 Å². The SMILES string of the molecule is CCC1(C(=O)O)CCCN1C(=O)NCCOCC(F)(F)F. The monoisotopic (exact) mass is 312 g/mol. The summed E-state index contributed by atoms with van der Waals surface area (Å²) in [5.74, 6) is -1.06. The molecular formula is C12H19F3N2O4. The Morgan fingerprint density at radius 3 is 2.62 bits per heavy atom. The second-order valence-electron chi connectivity index (χ2n) is 4.85. The van der Waals surface area contributed by atoms with Crippen LogP contribution in [0.15, 0.2) is 0 Å². The van der Waals surface area contributed by atoms with Crippen LogP contribution < -0.4 is 5.32 Å². The quantitative estimate of drug-likeness (QED) is 0.730. The number of carbonyl (C=O) groups is 2. The van der Waals surface area contributed by atoms with Crippen LogP contribution in [0.5, 0.6) is 0 Å². The van der Waals surface area contributed by atoms with Crippen LogP contribution in [0.1, 0.15) is 26.2 Å². The standard InChI is InChI=1S/C12H19F3N2O4/c1-2-11(9(18)19)4-3-6-17(11)10(20)16-5-7-21-8-12(13,14)15/h2-8H2,1H3,(H,16,20)(H,18,19). The summed E-state index contributed by atoms with van der Waals surface area (Å²) in [6, 6.07) is -0.590. The minimum absolute atomic E-state index is 0.106. The Labute approximate surface area is 120 Å². The van der Waals surface area contributed by atoms with E-state index in [0.717, 1.165) is 0 Å². The molecule has 0 aromatic rings. The van der Waals surface area contributed by atoms with Crippen molar-refractivity contribution in [2.24, 2.45) is 0 Å². The molecule has 1 fully saturated rings. The molecule has 122 valence electrons. The Morgan fingerprint density at radius 1 is 1.43 bits per heavy atom. The van der Waals surface area contributed by atoms with Gasteiger partial charge >= 0.3 is 18.2 Å². The number of halogens is 3. The molecule has 6 nitrogen and oxygen atoms in total. The number of aliphatic carboxylic acids is 1. The molecule has 0 radical (unpaired) electrons. The van der Waals surface area contributed by atoms with E-state index in [1.165, 1.54) is 4.90 Å². The number of ether oxygens (including phenoxy) is 1. The molecule has 1 rings (SSSR count). The maximum absolute atomic E-state index is 12.0. The van der Waals surface area contributed by atoms with Crippen LogP contribution in [0.2, 0.25) is 0 Å². The molecular weight excluding hydrogens is 293 g/mol. The molecule has 21 heavy (non-hydrogen) atoms. The molecule has 0 bridgehead atoms. The number of alkyl halides is 3. The first kappa shape index (κ1) is 17.5. The largest absolute Gasteiger partial charge is 0.479 e. The van der Waals surface area contributed by atoms with Gasteiger partial charge in [-0.2, -0.15) is 13.2 Å². The van der Waals surface area contributed by atoms with Crippen molar-refractivity contribution in [3.63, 3.8) is 0 Å². The highest BCUT2D eigenvalue weighted by Gasteiger charge is 2.48. The van der Waals surface area contributed by atoms with Gasteiger partial charge < -0.3 is 20.1 Å². The van der Waals surface area contributed by atoms with Crippen LogP contribution >= 0.6 is 0 Å². The minimum Gasteiger partial charge on any atom is -0.479 e. The lowest BCUT2D eigenvalue weighted by molar-refractivity contribution is -0.173. The summed E-state index contributed by atoms with van der Waals surface area (Å²) in [7, 11) is 0. The second kappa shape index (κ2) is 6.97. The molecule has 0 spiro atoms. The highest BCUT2D eigenvalue weighted by atomic mass is 19.4. The van der Waals surface area contributed by atoms with Crippen LogP contribution in [0.3, 0.4) is 0 Å². The third-order valence-corrected chi connectivity index (χ3v) is 3.51. The molecule has 1 heterocycles. The number of hydrogen-bond acceptors (Lipinski definition) is 3. The molecule has 1 unspecified atom stereocenters. The number of amides is 2. The fourth-order valence-electron chi connectivity index (χ4n) is 2.43. The first-order valence-electron chi connectivity index (χ1n) is 6.66. The molecule has 0 aromatic carbocycles. The van der Waals surface area contributed by atoms with Gasteiger partial charge in [-0.25, -0.2) is 9.59 Å². The van der Waals surface area contributed by atoms with Crippen molar-refractivity contribution < 1.29 is 32.6 Å². The van der Waals surface area contributed by atoms with Crippen molar-refractivity contribution in [2.75, 3.05) is 26.3 Å². The van der Waals surface area contributed by atoms with Crippen LogP contribution in [0.4, 0.5) is 18.0 Å². The van der Waals surface area contributed by atoms with Crippen molar-refractivity contribution in [3.8, 4) is 0 Å². The average Bonchev–Trinajstić information content (AvgIpc) is 2.81. The van der Waals surface area contributed by atoms with Crippen LogP contribution in [-0.4, -0.2) is 60.0 Å². The Kier molecular flexibility index (Phi) is 5.82. The fourth-order valence-corrected chi connectivity index (χ4v) is 2.43. The molecule has 1 aliphatic rings. The number of carboxylic acid groups (broad SMARTS) is 1. The summed E-state index contributed by atoms with van der Waals surface area (Å²) in [6.07, 6.45) is -3.17. The molecule has 0 aromatic heterocycles. The van der Waals surface area contributed by atoms with Crippen molar-refractivity contribution >= 4 is 12.0 Å². The molecule has 2 N–H and O–H groups in total. The molecule has 1 saturated heterocycles. The third-order valence-electron chi connectivity index (χ3n) is 3.51. The number of nitrogens with one attached hydrogen (secondary N) is 1. The third kappa shape index (κ3) is 4.48. The Hall–Kier alpha value is -1.51. The second-order valence-corrected chi connectivity index (χ2v) is 4.85. The lowest BCUT2D eigenvalue weighted by Crippen LogP contribution is -2.56. The lowest BCUT2D eigenvalue weighted by Gasteiger charge is -2.33. The highest BCUT2D eigenvalue weighted by Crippen LogP contribution is 2.32. The number of rotatable bonds is 6. The van der Waals surface area contributed by atoms with E-state index in [-0.39, 0.29) is 19.6 Å². The molecule has 2 amide bonds. The van der Waals surface area contributed by atoms with Crippen molar-refractivity contribution in [1.29, 1.82) is 0 Å². The molecule has 9 heteroatoms. The normalized spacial score (nSPS) is 22.4. The predicted molar refractivity (Wildman–Crippen MR) is 66.9 cm³/mol. The summed E-state index contributed by atoms with van der Waals surface area (Å²) in [6.45, 7) is 0.234. The van der Waals surface area contributed by atoms with Gasteiger partial charge in [0.1, 0.15) is 12.1 Å². The Balaban J connectivity index is 2.43. The zero-order valence-corrected chi connectivity index (χ0v) is 11.7. The summed E-state index contributed by atoms with van der Waals surface area (Å²) in [4.78, 5) is 24.6. The van der Waals surface area contributed by atoms with E-state index in [9.17, 15) is 27.9 Å². The minimum atomic E-state index is -4.40. The number of likely N-dealkylation sites (tertiary alicyclic amines) is 1. The van der Waals surface area contributed by atoms with E-state index >= 15 is 0 Å². The zero-order chi connectivity index (χ0) is 16.1. The van der Waals surface area contributed by atoms with E-state index in [2.05, 4.69) is 10.1 Å². The summed E-state index contributed by atoms with van der Waals surface area (Å²) >= 11 is 0. The highest BCUT2D eigenvalue weighted by molar-refractivity contribution is 5.87. The first-order valence-corrected chi connectivity index (χ1v) is 6.66. The van der Waals surface area contributed by atoms with E-state index in [4.69, 9.17) is 0 Å².